The van der Waals surface area contributed by atoms with Crippen LogP contribution in [0, 0.1) is 13.8 Å². The minimum atomic E-state index is -0.0560. The minimum Gasteiger partial charge on any atom is -0.497 e. The quantitative estimate of drug-likeness (QED) is 0.291. The van der Waals surface area contributed by atoms with Crippen molar-refractivity contribution >= 4 is 16.8 Å². The number of fused-ring (bicyclic) bond motifs is 1. The SMILES string of the molecule is COc1ccc(-c2nc3c(C)cccc3cc2CN(Cc2ccco2)C(=O)Cn2ccc(C)n2)cc1. The van der Waals surface area contributed by atoms with Crippen molar-refractivity contribution in [3.05, 3.63) is 102 Å². The summed E-state index contributed by atoms with van der Waals surface area (Å²) < 4.78 is 12.6. The van der Waals surface area contributed by atoms with Crippen LogP contribution in [0.15, 0.2) is 83.6 Å². The average molecular weight is 481 g/mol. The Morgan fingerprint density at radius 1 is 1.03 bits per heavy atom. The molecule has 182 valence electrons. The number of para-hydroxylation sites is 1. The number of benzene rings is 2. The molecule has 36 heavy (non-hydrogen) atoms. The van der Waals surface area contributed by atoms with Crippen molar-refractivity contribution in [1.82, 2.24) is 19.7 Å². The summed E-state index contributed by atoms with van der Waals surface area (Å²) in [6, 6.07) is 21.7. The zero-order valence-electron chi connectivity index (χ0n) is 20.6. The van der Waals surface area contributed by atoms with Crippen molar-refractivity contribution < 1.29 is 13.9 Å². The van der Waals surface area contributed by atoms with Gasteiger partial charge in [0.25, 0.3) is 0 Å². The fourth-order valence-electron chi connectivity index (χ4n) is 4.33. The zero-order chi connectivity index (χ0) is 25.1. The van der Waals surface area contributed by atoms with Crippen LogP contribution in [-0.4, -0.2) is 32.7 Å². The average Bonchev–Trinajstić information content (AvgIpc) is 3.55. The van der Waals surface area contributed by atoms with Crippen LogP contribution in [0.4, 0.5) is 0 Å². The van der Waals surface area contributed by atoms with Gasteiger partial charge in [0.2, 0.25) is 5.91 Å². The van der Waals surface area contributed by atoms with Crippen molar-refractivity contribution in [3.63, 3.8) is 0 Å². The van der Waals surface area contributed by atoms with Gasteiger partial charge in [-0.15, -0.1) is 0 Å². The molecule has 0 fully saturated rings. The monoisotopic (exact) mass is 480 g/mol. The highest BCUT2D eigenvalue weighted by Gasteiger charge is 2.20. The third-order valence-corrected chi connectivity index (χ3v) is 6.20. The Hall–Kier alpha value is -4.39. The number of amides is 1. The minimum absolute atomic E-state index is 0.0560. The predicted molar refractivity (Wildman–Crippen MR) is 138 cm³/mol. The second-order valence-electron chi connectivity index (χ2n) is 8.86. The Morgan fingerprint density at radius 3 is 2.56 bits per heavy atom. The van der Waals surface area contributed by atoms with Crippen molar-refractivity contribution in [2.45, 2.75) is 33.5 Å². The van der Waals surface area contributed by atoms with Gasteiger partial charge in [-0.2, -0.15) is 5.10 Å². The van der Waals surface area contributed by atoms with Crippen LogP contribution in [0.2, 0.25) is 0 Å². The molecule has 7 heteroatoms. The molecule has 0 atom stereocenters. The molecule has 0 spiro atoms. The van der Waals surface area contributed by atoms with Crippen LogP contribution in [0.5, 0.6) is 5.75 Å². The van der Waals surface area contributed by atoms with E-state index < -0.39 is 0 Å². The van der Waals surface area contributed by atoms with Gasteiger partial charge in [0, 0.05) is 23.7 Å². The van der Waals surface area contributed by atoms with Crippen LogP contribution in [-0.2, 0) is 24.4 Å². The number of carbonyl (C=O) groups is 1. The molecule has 0 N–H and O–H groups in total. The van der Waals surface area contributed by atoms with Gasteiger partial charge in [0.1, 0.15) is 18.1 Å². The second kappa shape index (κ2) is 10.1. The first kappa shape index (κ1) is 23.4. The number of furan rings is 1. The lowest BCUT2D eigenvalue weighted by atomic mass is 10.0. The lowest BCUT2D eigenvalue weighted by Gasteiger charge is -2.24. The first-order valence-electron chi connectivity index (χ1n) is 11.8. The third kappa shape index (κ3) is 5.00. The molecule has 2 aromatic carbocycles. The Balaban J connectivity index is 1.56. The van der Waals surface area contributed by atoms with Crippen LogP contribution >= 0.6 is 0 Å². The Kier molecular flexibility index (Phi) is 6.54. The van der Waals surface area contributed by atoms with E-state index in [9.17, 15) is 4.79 Å². The number of aryl methyl sites for hydroxylation is 2. The number of rotatable bonds is 8. The van der Waals surface area contributed by atoms with Crippen molar-refractivity contribution in [1.29, 1.82) is 0 Å². The lowest BCUT2D eigenvalue weighted by Crippen LogP contribution is -2.33. The van der Waals surface area contributed by atoms with Crippen LogP contribution in [0.25, 0.3) is 22.2 Å². The zero-order valence-corrected chi connectivity index (χ0v) is 20.6. The van der Waals surface area contributed by atoms with Crippen molar-refractivity contribution in [3.8, 4) is 17.0 Å². The Bertz CT molecular complexity index is 1490. The summed E-state index contributed by atoms with van der Waals surface area (Å²) in [7, 11) is 1.65. The predicted octanol–water partition coefficient (Wildman–Crippen LogP) is 5.55. The number of hydrogen-bond donors (Lipinski definition) is 0. The standard InChI is InChI=1S/C29H28N4O3/c1-20-6-4-7-23-16-24(29(30-28(20)23)22-9-11-25(35-3)12-10-22)17-32(18-26-8-5-15-36-26)27(34)19-33-14-13-21(2)31-33/h4-16H,17-19H2,1-3H3. The maximum atomic E-state index is 13.5. The summed E-state index contributed by atoms with van der Waals surface area (Å²) in [4.78, 5) is 20.4. The highest BCUT2D eigenvalue weighted by Crippen LogP contribution is 2.30. The maximum absolute atomic E-state index is 13.5. The van der Waals surface area contributed by atoms with Gasteiger partial charge in [-0.25, -0.2) is 4.98 Å². The molecule has 0 radical (unpaired) electrons. The Labute approximate surface area is 209 Å². The summed E-state index contributed by atoms with van der Waals surface area (Å²) in [6.07, 6.45) is 3.44. The van der Waals surface area contributed by atoms with E-state index in [2.05, 4.69) is 30.2 Å². The molecule has 0 saturated carbocycles. The van der Waals surface area contributed by atoms with E-state index >= 15 is 0 Å². The van der Waals surface area contributed by atoms with Crippen molar-refractivity contribution in [2.24, 2.45) is 0 Å². The van der Waals surface area contributed by atoms with E-state index in [0.717, 1.165) is 50.5 Å². The van der Waals surface area contributed by atoms with Gasteiger partial charge in [0.15, 0.2) is 0 Å². The van der Waals surface area contributed by atoms with E-state index in [4.69, 9.17) is 14.1 Å². The lowest BCUT2D eigenvalue weighted by molar-refractivity contribution is -0.133. The van der Waals surface area contributed by atoms with E-state index in [1.165, 1.54) is 0 Å². The van der Waals surface area contributed by atoms with E-state index in [1.54, 1.807) is 23.0 Å². The van der Waals surface area contributed by atoms with E-state index in [-0.39, 0.29) is 12.5 Å². The molecule has 0 saturated heterocycles. The molecular formula is C29H28N4O3. The van der Waals surface area contributed by atoms with Gasteiger partial charge in [-0.1, -0.05) is 18.2 Å². The molecule has 0 unspecified atom stereocenters. The van der Waals surface area contributed by atoms with Crippen LogP contribution < -0.4 is 4.74 Å². The number of ether oxygens (including phenoxy) is 1. The molecule has 7 nitrogen and oxygen atoms in total. The smallest absolute Gasteiger partial charge is 0.245 e. The highest BCUT2D eigenvalue weighted by atomic mass is 16.5. The topological polar surface area (TPSA) is 73.4 Å². The number of pyridine rings is 1. The summed E-state index contributed by atoms with van der Waals surface area (Å²) in [6.45, 7) is 4.83. The molecule has 3 heterocycles. The molecule has 0 aliphatic heterocycles. The Morgan fingerprint density at radius 2 is 1.86 bits per heavy atom. The molecule has 1 amide bonds. The van der Waals surface area contributed by atoms with E-state index in [1.807, 2.05) is 61.7 Å². The van der Waals surface area contributed by atoms with Gasteiger partial charge in [-0.3, -0.25) is 9.48 Å². The van der Waals surface area contributed by atoms with Gasteiger partial charge < -0.3 is 14.1 Å². The fourth-order valence-corrected chi connectivity index (χ4v) is 4.33. The molecule has 0 aliphatic carbocycles. The van der Waals surface area contributed by atoms with Crippen LogP contribution in [0.3, 0.4) is 0 Å². The highest BCUT2D eigenvalue weighted by molar-refractivity contribution is 5.86. The van der Waals surface area contributed by atoms with Crippen molar-refractivity contribution in [2.75, 3.05) is 7.11 Å². The molecule has 0 bridgehead atoms. The fraction of sp³-hybridized carbons (Fsp3) is 0.207. The summed E-state index contributed by atoms with van der Waals surface area (Å²) in [5.74, 6) is 1.44. The summed E-state index contributed by atoms with van der Waals surface area (Å²) in [5, 5.41) is 5.43. The first-order valence-corrected chi connectivity index (χ1v) is 11.8. The first-order chi connectivity index (χ1) is 17.5. The molecule has 3 aromatic heterocycles. The number of aromatic nitrogens is 3. The number of nitrogens with zero attached hydrogens (tertiary/aromatic N) is 4. The largest absolute Gasteiger partial charge is 0.497 e. The number of methoxy groups -OCH3 is 1. The van der Waals surface area contributed by atoms with Gasteiger partial charge in [0.05, 0.1) is 36.8 Å². The normalized spacial score (nSPS) is 11.1. The summed E-state index contributed by atoms with van der Waals surface area (Å²) >= 11 is 0. The molecule has 5 rings (SSSR count). The second-order valence-corrected chi connectivity index (χ2v) is 8.86. The maximum Gasteiger partial charge on any atom is 0.245 e. The van der Waals surface area contributed by atoms with E-state index in [0.29, 0.717) is 13.1 Å². The summed E-state index contributed by atoms with van der Waals surface area (Å²) in [5.41, 5.74) is 5.68. The van der Waals surface area contributed by atoms with Crippen LogP contribution in [0.1, 0.15) is 22.6 Å². The third-order valence-electron chi connectivity index (χ3n) is 6.20. The number of hydrogen-bond acceptors (Lipinski definition) is 5. The molecule has 5 aromatic rings. The molecule has 0 aliphatic rings. The van der Waals surface area contributed by atoms with Gasteiger partial charge >= 0.3 is 0 Å². The van der Waals surface area contributed by atoms with Gasteiger partial charge in [-0.05, 0) is 73.5 Å². The molecular weight excluding hydrogens is 452 g/mol. The number of carbonyl (C=O) groups excluding carboxylic acids is 1.